The second-order valence-electron chi connectivity index (χ2n) is 6.52. The van der Waals surface area contributed by atoms with Crippen LogP contribution in [-0.2, 0) is 4.79 Å². The molecular weight excluding hydrogens is 469 g/mol. The smallest absolute Gasteiger partial charge is 0.321 e. The molecule has 0 aliphatic rings. The number of ether oxygens (including phenoxy) is 2. The van der Waals surface area contributed by atoms with Crippen LogP contribution in [0.3, 0.4) is 0 Å². The molecule has 0 fully saturated rings. The number of thioether (sulfide) groups is 1. The van der Waals surface area contributed by atoms with Crippen molar-refractivity contribution in [3.8, 4) is 11.5 Å². The number of carbonyl (C=O) groups is 1. The Hall–Kier alpha value is -3.50. The van der Waals surface area contributed by atoms with Gasteiger partial charge in [-0.2, -0.15) is 0 Å². The fourth-order valence-corrected chi connectivity index (χ4v) is 3.62. The highest BCUT2D eigenvalue weighted by Gasteiger charge is 2.16. The van der Waals surface area contributed by atoms with Crippen LogP contribution in [0, 0.1) is 5.82 Å². The van der Waals surface area contributed by atoms with Gasteiger partial charge in [-0.15, -0.1) is 0 Å². The minimum atomic E-state index is -0.524. The molecule has 168 valence electrons. The van der Waals surface area contributed by atoms with E-state index in [4.69, 9.17) is 21.1 Å². The Morgan fingerprint density at radius 2 is 1.94 bits per heavy atom. The van der Waals surface area contributed by atoms with Gasteiger partial charge in [-0.05, 0) is 37.3 Å². The lowest BCUT2D eigenvalue weighted by molar-refractivity contribution is -0.131. The Bertz CT molecular complexity index is 1300. The summed E-state index contributed by atoms with van der Waals surface area (Å²) in [5, 5.41) is 4.11. The maximum atomic E-state index is 13.5. The summed E-state index contributed by atoms with van der Waals surface area (Å²) in [6.45, 7) is 2.19. The molecule has 4 aromatic rings. The third kappa shape index (κ3) is 5.65. The number of nitrogens with zero attached hydrogens (tertiary/aromatic N) is 4. The fraction of sp³-hybridized carbons (Fsp3) is 0.136. The molecule has 33 heavy (non-hydrogen) atoms. The van der Waals surface area contributed by atoms with Crippen LogP contribution >= 0.6 is 23.4 Å². The second-order valence-corrected chi connectivity index (χ2v) is 7.87. The van der Waals surface area contributed by atoms with E-state index in [0.29, 0.717) is 39.9 Å². The molecule has 2 aromatic heterocycles. The van der Waals surface area contributed by atoms with Crippen molar-refractivity contribution in [1.82, 2.24) is 19.9 Å². The van der Waals surface area contributed by atoms with Crippen LogP contribution in [0.2, 0.25) is 5.02 Å². The summed E-state index contributed by atoms with van der Waals surface area (Å²) >= 11 is 7.04. The maximum absolute atomic E-state index is 13.5. The van der Waals surface area contributed by atoms with Crippen LogP contribution in [0.15, 0.2) is 60.3 Å². The number of aromatic nitrogens is 4. The van der Waals surface area contributed by atoms with Crippen molar-refractivity contribution in [1.29, 1.82) is 0 Å². The standard InChI is InChI=1S/C22H17ClFN5O3S/c1-2-31-18-10-17-14(9-19(18)32-20(30)11-33-22-25-6-3-7-26-22)21(28-12-27-17)29-13-4-5-16(24)15(23)8-13/h3-10,12H,2,11H2,1H3,(H,27,28,29). The maximum Gasteiger partial charge on any atom is 0.321 e. The van der Waals surface area contributed by atoms with E-state index in [-0.39, 0.29) is 16.5 Å². The van der Waals surface area contributed by atoms with Gasteiger partial charge < -0.3 is 14.8 Å². The Morgan fingerprint density at radius 1 is 1.12 bits per heavy atom. The van der Waals surface area contributed by atoms with Crippen LogP contribution in [0.25, 0.3) is 10.9 Å². The number of hydrogen-bond donors (Lipinski definition) is 1. The van der Waals surface area contributed by atoms with Gasteiger partial charge in [0.2, 0.25) is 0 Å². The molecule has 8 nitrogen and oxygen atoms in total. The van der Waals surface area contributed by atoms with Gasteiger partial charge in [0.05, 0.1) is 22.9 Å². The number of fused-ring (bicyclic) bond motifs is 1. The Labute approximate surface area is 197 Å². The average molecular weight is 486 g/mol. The number of nitrogens with one attached hydrogen (secondary N) is 1. The molecule has 0 unspecified atom stereocenters. The highest BCUT2D eigenvalue weighted by molar-refractivity contribution is 7.99. The van der Waals surface area contributed by atoms with E-state index in [9.17, 15) is 9.18 Å². The van der Waals surface area contributed by atoms with Crippen molar-refractivity contribution >= 4 is 51.7 Å². The monoisotopic (exact) mass is 485 g/mol. The number of carbonyl (C=O) groups excluding carboxylic acids is 1. The third-order valence-corrected chi connectivity index (χ3v) is 5.41. The molecule has 2 aromatic carbocycles. The molecule has 11 heteroatoms. The highest BCUT2D eigenvalue weighted by Crippen LogP contribution is 2.35. The zero-order valence-corrected chi connectivity index (χ0v) is 18.9. The zero-order chi connectivity index (χ0) is 23.2. The van der Waals surface area contributed by atoms with E-state index >= 15 is 0 Å². The van der Waals surface area contributed by atoms with Gasteiger partial charge in [-0.3, -0.25) is 4.79 Å². The lowest BCUT2D eigenvalue weighted by Crippen LogP contribution is -2.12. The molecule has 0 saturated heterocycles. The first-order valence-electron chi connectivity index (χ1n) is 9.77. The van der Waals surface area contributed by atoms with Crippen LogP contribution < -0.4 is 14.8 Å². The Balaban J connectivity index is 1.61. The minimum absolute atomic E-state index is 0.0120. The molecule has 4 rings (SSSR count). The minimum Gasteiger partial charge on any atom is -0.490 e. The van der Waals surface area contributed by atoms with Gasteiger partial charge >= 0.3 is 5.97 Å². The van der Waals surface area contributed by atoms with E-state index in [1.165, 1.54) is 24.5 Å². The summed E-state index contributed by atoms with van der Waals surface area (Å²) in [7, 11) is 0. The predicted octanol–water partition coefficient (Wildman–Crippen LogP) is 5.05. The van der Waals surface area contributed by atoms with E-state index in [0.717, 1.165) is 11.8 Å². The van der Waals surface area contributed by atoms with Crippen molar-refractivity contribution < 1.29 is 18.7 Å². The van der Waals surface area contributed by atoms with E-state index in [2.05, 4.69) is 25.3 Å². The largest absolute Gasteiger partial charge is 0.490 e. The van der Waals surface area contributed by atoms with Gasteiger partial charge in [0.1, 0.15) is 18.0 Å². The van der Waals surface area contributed by atoms with Gasteiger partial charge in [0.25, 0.3) is 0 Å². The number of hydrogen-bond acceptors (Lipinski definition) is 9. The van der Waals surface area contributed by atoms with Crippen molar-refractivity contribution in [2.75, 3.05) is 17.7 Å². The average Bonchev–Trinajstić information content (AvgIpc) is 2.82. The Morgan fingerprint density at radius 3 is 2.70 bits per heavy atom. The normalized spacial score (nSPS) is 10.8. The number of benzene rings is 2. The van der Waals surface area contributed by atoms with Gasteiger partial charge in [-0.25, -0.2) is 24.3 Å². The van der Waals surface area contributed by atoms with E-state index in [1.807, 2.05) is 6.92 Å². The molecule has 0 spiro atoms. The Kier molecular flexibility index (Phi) is 7.16. The first-order valence-corrected chi connectivity index (χ1v) is 11.1. The third-order valence-electron chi connectivity index (χ3n) is 4.27. The summed E-state index contributed by atoms with van der Waals surface area (Å²) < 4.78 is 24.7. The predicted molar refractivity (Wildman–Crippen MR) is 124 cm³/mol. The molecule has 0 saturated carbocycles. The lowest BCUT2D eigenvalue weighted by Gasteiger charge is -2.14. The summed E-state index contributed by atoms with van der Waals surface area (Å²) in [6, 6.07) is 9.22. The quantitative estimate of drug-likeness (QED) is 0.159. The van der Waals surface area contributed by atoms with Crippen LogP contribution in [0.4, 0.5) is 15.9 Å². The number of halogens is 2. The molecule has 0 radical (unpaired) electrons. The van der Waals surface area contributed by atoms with Gasteiger partial charge in [0.15, 0.2) is 16.7 Å². The molecular formula is C22H17ClFN5O3S. The van der Waals surface area contributed by atoms with Crippen LogP contribution in [0.5, 0.6) is 11.5 Å². The summed E-state index contributed by atoms with van der Waals surface area (Å²) in [4.78, 5) is 29.2. The van der Waals surface area contributed by atoms with Crippen molar-refractivity contribution in [3.63, 3.8) is 0 Å². The number of anilines is 2. The topological polar surface area (TPSA) is 99.1 Å². The van der Waals surface area contributed by atoms with Crippen molar-refractivity contribution in [2.24, 2.45) is 0 Å². The second kappa shape index (κ2) is 10.4. The molecule has 0 amide bonds. The number of esters is 1. The molecule has 0 aliphatic heterocycles. The molecule has 1 N–H and O–H groups in total. The van der Waals surface area contributed by atoms with Crippen LogP contribution in [0.1, 0.15) is 6.92 Å². The van der Waals surface area contributed by atoms with Crippen LogP contribution in [-0.4, -0.2) is 38.3 Å². The summed E-state index contributed by atoms with van der Waals surface area (Å²) in [5.41, 5.74) is 1.10. The van der Waals surface area contributed by atoms with Crippen molar-refractivity contribution in [2.45, 2.75) is 12.1 Å². The van der Waals surface area contributed by atoms with E-state index < -0.39 is 11.8 Å². The summed E-state index contributed by atoms with van der Waals surface area (Å²) in [5.74, 6) is 0.00858. The van der Waals surface area contributed by atoms with Crippen molar-refractivity contribution in [3.05, 3.63) is 66.0 Å². The van der Waals surface area contributed by atoms with E-state index in [1.54, 1.807) is 30.6 Å². The number of rotatable bonds is 8. The first kappa shape index (κ1) is 22.7. The SMILES string of the molecule is CCOc1cc2ncnc(Nc3ccc(F)c(Cl)c3)c2cc1OC(=O)CSc1ncccn1. The zero-order valence-electron chi connectivity index (χ0n) is 17.3. The molecule has 0 atom stereocenters. The molecule has 0 aliphatic carbocycles. The first-order chi connectivity index (χ1) is 16.0. The fourth-order valence-electron chi connectivity index (χ4n) is 2.86. The van der Waals surface area contributed by atoms with Gasteiger partial charge in [-0.1, -0.05) is 23.4 Å². The molecule has 0 bridgehead atoms. The van der Waals surface area contributed by atoms with Gasteiger partial charge in [0, 0.05) is 29.5 Å². The molecule has 2 heterocycles. The lowest BCUT2D eigenvalue weighted by atomic mass is 10.2. The highest BCUT2D eigenvalue weighted by atomic mass is 35.5. The summed E-state index contributed by atoms with van der Waals surface area (Å²) in [6.07, 6.45) is 4.58.